The lowest BCUT2D eigenvalue weighted by Crippen LogP contribution is -2.53. The molecule has 7 heteroatoms. The van der Waals surface area contributed by atoms with Crippen LogP contribution in [0, 0.1) is 20.8 Å². The highest BCUT2D eigenvalue weighted by Gasteiger charge is 2.16. The summed E-state index contributed by atoms with van der Waals surface area (Å²) >= 11 is 0. The molecule has 0 atom stereocenters. The van der Waals surface area contributed by atoms with Gasteiger partial charge >= 0.3 is 0 Å². The third kappa shape index (κ3) is 2.36. The van der Waals surface area contributed by atoms with Gasteiger partial charge in [0.05, 0.1) is 0 Å². The molecular formula is C15H21BN6-. The summed E-state index contributed by atoms with van der Waals surface area (Å²) in [6.07, 6.45) is 6.29. The summed E-state index contributed by atoms with van der Waals surface area (Å²) in [4.78, 5) is 0. The van der Waals surface area contributed by atoms with Gasteiger partial charge in [-0.3, -0.25) is 14.0 Å². The fourth-order valence-electron chi connectivity index (χ4n) is 3.21. The molecule has 0 amide bonds. The van der Waals surface area contributed by atoms with E-state index in [1.54, 1.807) is 0 Å². The molecule has 3 aromatic heterocycles. The molecule has 0 aromatic carbocycles. The van der Waals surface area contributed by atoms with Crippen molar-refractivity contribution in [2.75, 3.05) is 0 Å². The van der Waals surface area contributed by atoms with Crippen molar-refractivity contribution >= 4 is 23.1 Å². The summed E-state index contributed by atoms with van der Waals surface area (Å²) in [5, 5.41) is 13.6. The minimum Gasteiger partial charge on any atom is -0.279 e. The summed E-state index contributed by atoms with van der Waals surface area (Å²) in [5.74, 6) is 0. The summed E-state index contributed by atoms with van der Waals surface area (Å²) in [5.41, 5.74) is 6.73. The van der Waals surface area contributed by atoms with Crippen molar-refractivity contribution in [2.45, 2.75) is 20.8 Å². The lowest BCUT2D eigenvalue weighted by molar-refractivity contribution is 0.756. The number of nitrogens with zero attached hydrogens (tertiary/aromatic N) is 6. The average Bonchev–Trinajstić information content (AvgIpc) is 3.02. The summed E-state index contributed by atoms with van der Waals surface area (Å²) in [6, 6.07) is 0. The normalized spacial score (nSPS) is 11.6. The van der Waals surface area contributed by atoms with E-state index in [9.17, 15) is 0 Å². The number of aryl methyl sites for hydroxylation is 6. The summed E-state index contributed by atoms with van der Waals surface area (Å²) in [6.45, 7) is 6.27. The second-order valence-corrected chi connectivity index (χ2v) is 5.96. The minimum absolute atomic E-state index is 0.107. The first-order valence-corrected chi connectivity index (χ1v) is 7.37. The van der Waals surface area contributed by atoms with Crippen molar-refractivity contribution in [1.82, 2.24) is 29.3 Å². The smallest absolute Gasteiger partial charge is 0.0295 e. The Balaban J connectivity index is 2.25. The molecule has 0 N–H and O–H groups in total. The molecule has 0 aliphatic carbocycles. The topological polar surface area (TPSA) is 53.5 Å². The SMILES string of the molecule is Cc1nn(C)cc1[B-](c1cn(C)nc1C)c1cn(C)nc1C. The molecule has 0 saturated heterocycles. The van der Waals surface area contributed by atoms with Crippen LogP contribution in [0.15, 0.2) is 18.6 Å². The van der Waals surface area contributed by atoms with Crippen molar-refractivity contribution in [2.24, 2.45) is 21.1 Å². The van der Waals surface area contributed by atoms with E-state index in [1.165, 1.54) is 16.4 Å². The van der Waals surface area contributed by atoms with Crippen LogP contribution in [-0.4, -0.2) is 36.1 Å². The monoisotopic (exact) mass is 296 g/mol. The Labute approximate surface area is 130 Å². The second-order valence-electron chi connectivity index (χ2n) is 5.96. The van der Waals surface area contributed by atoms with Crippen LogP contribution in [0.3, 0.4) is 0 Å². The van der Waals surface area contributed by atoms with Crippen LogP contribution >= 0.6 is 0 Å². The Morgan fingerprint density at radius 2 is 0.909 bits per heavy atom. The molecule has 0 saturated carbocycles. The van der Waals surface area contributed by atoms with E-state index in [1.807, 2.05) is 35.2 Å². The van der Waals surface area contributed by atoms with Gasteiger partial charge in [0.1, 0.15) is 0 Å². The van der Waals surface area contributed by atoms with Crippen molar-refractivity contribution < 1.29 is 0 Å². The third-order valence-corrected chi connectivity index (χ3v) is 4.09. The summed E-state index contributed by atoms with van der Waals surface area (Å²) in [7, 11) is 5.87. The Hall–Kier alpha value is -2.31. The van der Waals surface area contributed by atoms with E-state index in [4.69, 9.17) is 0 Å². The van der Waals surface area contributed by atoms with Crippen LogP contribution in [0.1, 0.15) is 17.1 Å². The molecule has 0 aliphatic heterocycles. The number of aromatic nitrogens is 6. The van der Waals surface area contributed by atoms with Gasteiger partial charge in [-0.1, -0.05) is 0 Å². The molecular weight excluding hydrogens is 275 g/mol. The van der Waals surface area contributed by atoms with Gasteiger partial charge in [0.25, 0.3) is 0 Å². The molecule has 0 fully saturated rings. The molecule has 0 unspecified atom stereocenters. The number of rotatable bonds is 3. The fourth-order valence-corrected chi connectivity index (χ4v) is 3.21. The molecule has 0 aliphatic rings. The number of hydrogen-bond donors (Lipinski definition) is 0. The third-order valence-electron chi connectivity index (χ3n) is 4.09. The molecule has 3 aromatic rings. The largest absolute Gasteiger partial charge is 0.279 e. The maximum absolute atomic E-state index is 4.52. The zero-order valence-corrected chi connectivity index (χ0v) is 14.0. The van der Waals surface area contributed by atoms with E-state index >= 15 is 0 Å². The van der Waals surface area contributed by atoms with Crippen LogP contribution in [0.2, 0.25) is 0 Å². The quantitative estimate of drug-likeness (QED) is 0.602. The van der Waals surface area contributed by atoms with E-state index in [-0.39, 0.29) is 6.71 Å². The van der Waals surface area contributed by atoms with Crippen LogP contribution in [0.4, 0.5) is 0 Å². The van der Waals surface area contributed by atoms with Gasteiger partial charge in [-0.25, -0.2) is 0 Å². The molecule has 0 spiro atoms. The van der Waals surface area contributed by atoms with Gasteiger partial charge < -0.3 is 0 Å². The molecule has 3 heterocycles. The van der Waals surface area contributed by atoms with Crippen LogP contribution in [-0.2, 0) is 21.1 Å². The predicted molar refractivity (Wildman–Crippen MR) is 88.5 cm³/mol. The zero-order valence-electron chi connectivity index (χ0n) is 14.0. The van der Waals surface area contributed by atoms with Crippen molar-refractivity contribution in [1.29, 1.82) is 0 Å². The van der Waals surface area contributed by atoms with Gasteiger partial charge in [0.15, 0.2) is 0 Å². The van der Waals surface area contributed by atoms with Gasteiger partial charge in [-0.2, -0.15) is 31.7 Å². The molecule has 0 bridgehead atoms. The standard InChI is InChI=1S/C15H21BN6/c1-10-13(7-20(4)17-10)16(14-8-21(5)18-11(14)2)15-9-22(6)19-12(15)3/h7-9H,1-6H3/q-1. The van der Waals surface area contributed by atoms with Crippen LogP contribution in [0.25, 0.3) is 0 Å². The lowest BCUT2D eigenvalue weighted by Gasteiger charge is -2.27. The van der Waals surface area contributed by atoms with Crippen molar-refractivity contribution in [3.05, 3.63) is 35.7 Å². The van der Waals surface area contributed by atoms with Gasteiger partial charge in [-0.15, -0.1) is 0 Å². The van der Waals surface area contributed by atoms with Crippen molar-refractivity contribution in [3.63, 3.8) is 0 Å². The first-order valence-electron chi connectivity index (χ1n) is 7.37. The summed E-state index contributed by atoms with van der Waals surface area (Å²) < 4.78 is 5.61. The molecule has 6 nitrogen and oxygen atoms in total. The van der Waals surface area contributed by atoms with Gasteiger partial charge in [0, 0.05) is 38.2 Å². The Morgan fingerprint density at radius 1 is 0.636 bits per heavy atom. The molecule has 115 valence electrons. The minimum atomic E-state index is 0.107. The fraction of sp³-hybridized carbons (Fsp3) is 0.400. The Bertz CT molecular complexity index is 715. The van der Waals surface area contributed by atoms with E-state index < -0.39 is 0 Å². The van der Waals surface area contributed by atoms with E-state index in [0.717, 1.165) is 17.1 Å². The van der Waals surface area contributed by atoms with Crippen LogP contribution < -0.4 is 16.4 Å². The van der Waals surface area contributed by atoms with E-state index in [0.29, 0.717) is 0 Å². The molecule has 1 radical (unpaired) electrons. The predicted octanol–water partition coefficient (Wildman–Crippen LogP) is -0.671. The maximum Gasteiger partial charge on any atom is 0.0295 e. The zero-order chi connectivity index (χ0) is 16.0. The Morgan fingerprint density at radius 3 is 1.09 bits per heavy atom. The highest BCUT2D eigenvalue weighted by molar-refractivity contribution is 6.96. The molecule has 22 heavy (non-hydrogen) atoms. The van der Waals surface area contributed by atoms with Crippen molar-refractivity contribution in [3.8, 4) is 0 Å². The van der Waals surface area contributed by atoms with Gasteiger partial charge in [0.2, 0.25) is 0 Å². The number of hydrogen-bond acceptors (Lipinski definition) is 3. The second kappa shape index (κ2) is 5.16. The first kappa shape index (κ1) is 14.6. The Kier molecular flexibility index (Phi) is 3.43. The maximum atomic E-state index is 4.52. The average molecular weight is 296 g/mol. The van der Waals surface area contributed by atoms with E-state index in [2.05, 4.69) is 54.7 Å². The highest BCUT2D eigenvalue weighted by Crippen LogP contribution is 2.02. The molecule has 3 rings (SSSR count). The highest BCUT2D eigenvalue weighted by atomic mass is 15.3. The lowest BCUT2D eigenvalue weighted by atomic mass is 9.37. The van der Waals surface area contributed by atoms with Crippen LogP contribution in [0.5, 0.6) is 0 Å². The van der Waals surface area contributed by atoms with Gasteiger partial charge in [-0.05, 0) is 46.1 Å². The first-order chi connectivity index (χ1) is 10.4.